The largest absolute Gasteiger partial charge is 0.465 e. The fourth-order valence-electron chi connectivity index (χ4n) is 1.97. The van der Waals surface area contributed by atoms with Crippen LogP contribution in [0.3, 0.4) is 0 Å². The third-order valence-electron chi connectivity index (χ3n) is 2.82. The molecule has 0 bridgehead atoms. The molecule has 2 rings (SSSR count). The summed E-state index contributed by atoms with van der Waals surface area (Å²) in [6.07, 6.45) is 1.28. The summed E-state index contributed by atoms with van der Waals surface area (Å²) in [6, 6.07) is 5.02. The molecule has 0 radical (unpaired) electrons. The summed E-state index contributed by atoms with van der Waals surface area (Å²) < 4.78 is 6.34. The maximum absolute atomic E-state index is 11.9. The Morgan fingerprint density at radius 2 is 2.16 bits per heavy atom. The van der Waals surface area contributed by atoms with Crippen LogP contribution in [0.25, 0.3) is 11.0 Å². The van der Waals surface area contributed by atoms with Crippen molar-refractivity contribution >= 4 is 17.0 Å². The molecule has 0 aliphatic carbocycles. The van der Waals surface area contributed by atoms with Crippen LogP contribution in [0.2, 0.25) is 0 Å². The second-order valence-electron chi connectivity index (χ2n) is 4.80. The minimum absolute atomic E-state index is 0.132. The molecule has 0 atom stereocenters. The zero-order valence-corrected chi connectivity index (χ0v) is 11.2. The Balaban J connectivity index is 2.61. The molecule has 5 heteroatoms. The highest BCUT2D eigenvalue weighted by Crippen LogP contribution is 2.14. The zero-order chi connectivity index (χ0) is 14.0. The average molecular weight is 260 g/mol. The number of nitrogens with zero attached hydrogens (tertiary/aromatic N) is 2. The average Bonchev–Trinajstić information content (AvgIpc) is 2.40. The van der Waals surface area contributed by atoms with Crippen molar-refractivity contribution in [1.82, 2.24) is 9.55 Å². The lowest BCUT2D eigenvalue weighted by Gasteiger charge is -2.12. The predicted molar refractivity (Wildman–Crippen MR) is 72.2 cm³/mol. The standard InChI is InChI=1S/C14H16N2O3/c1-9(2)8-16-12-5-4-10(14(18)19-3)6-11(12)15-7-13(16)17/h4-7,9H,8H2,1-3H3. The molecular formula is C14H16N2O3. The molecule has 19 heavy (non-hydrogen) atoms. The molecule has 0 unspecified atom stereocenters. The van der Waals surface area contributed by atoms with Gasteiger partial charge in [-0.2, -0.15) is 0 Å². The molecule has 0 fully saturated rings. The van der Waals surface area contributed by atoms with E-state index in [1.807, 2.05) is 13.8 Å². The highest BCUT2D eigenvalue weighted by Gasteiger charge is 2.10. The van der Waals surface area contributed by atoms with Crippen molar-refractivity contribution in [2.45, 2.75) is 20.4 Å². The number of methoxy groups -OCH3 is 1. The minimum atomic E-state index is -0.412. The Hall–Kier alpha value is -2.17. The van der Waals surface area contributed by atoms with Crippen LogP contribution < -0.4 is 5.56 Å². The van der Waals surface area contributed by atoms with E-state index in [4.69, 9.17) is 0 Å². The molecule has 0 aliphatic rings. The van der Waals surface area contributed by atoms with E-state index >= 15 is 0 Å². The smallest absolute Gasteiger partial charge is 0.337 e. The van der Waals surface area contributed by atoms with Crippen molar-refractivity contribution in [2.75, 3.05) is 7.11 Å². The van der Waals surface area contributed by atoms with E-state index in [9.17, 15) is 9.59 Å². The van der Waals surface area contributed by atoms with E-state index in [0.717, 1.165) is 5.52 Å². The second-order valence-corrected chi connectivity index (χ2v) is 4.80. The highest BCUT2D eigenvalue weighted by molar-refractivity contribution is 5.93. The molecular weight excluding hydrogens is 244 g/mol. The fourth-order valence-corrected chi connectivity index (χ4v) is 1.97. The number of hydrogen-bond donors (Lipinski definition) is 0. The van der Waals surface area contributed by atoms with Crippen LogP contribution in [-0.4, -0.2) is 22.6 Å². The summed E-state index contributed by atoms with van der Waals surface area (Å²) in [5.74, 6) is -0.0612. The molecule has 0 aliphatic heterocycles. The Kier molecular flexibility index (Phi) is 3.64. The number of rotatable bonds is 3. The van der Waals surface area contributed by atoms with Gasteiger partial charge in [0.2, 0.25) is 0 Å². The molecule has 0 amide bonds. The molecule has 1 heterocycles. The second kappa shape index (κ2) is 5.22. The van der Waals surface area contributed by atoms with E-state index < -0.39 is 5.97 Å². The van der Waals surface area contributed by atoms with Crippen molar-refractivity contribution in [3.8, 4) is 0 Å². The summed E-state index contributed by atoms with van der Waals surface area (Å²) in [7, 11) is 1.33. The SMILES string of the molecule is COC(=O)c1ccc2c(c1)ncc(=O)n2CC(C)C. The molecule has 0 saturated carbocycles. The topological polar surface area (TPSA) is 61.2 Å². The fraction of sp³-hybridized carbons (Fsp3) is 0.357. The van der Waals surface area contributed by atoms with E-state index in [1.54, 1.807) is 22.8 Å². The van der Waals surface area contributed by atoms with E-state index in [-0.39, 0.29) is 5.56 Å². The van der Waals surface area contributed by atoms with Crippen molar-refractivity contribution < 1.29 is 9.53 Å². The normalized spacial score (nSPS) is 10.9. The van der Waals surface area contributed by atoms with Gasteiger partial charge in [0.15, 0.2) is 0 Å². The number of carbonyl (C=O) groups is 1. The molecule has 100 valence electrons. The van der Waals surface area contributed by atoms with E-state index in [0.29, 0.717) is 23.5 Å². The van der Waals surface area contributed by atoms with Crippen LogP contribution in [-0.2, 0) is 11.3 Å². The Morgan fingerprint density at radius 3 is 2.79 bits per heavy atom. The maximum Gasteiger partial charge on any atom is 0.337 e. The van der Waals surface area contributed by atoms with Crippen molar-refractivity contribution in [3.63, 3.8) is 0 Å². The number of benzene rings is 1. The summed E-state index contributed by atoms with van der Waals surface area (Å²) >= 11 is 0. The van der Waals surface area contributed by atoms with E-state index in [2.05, 4.69) is 9.72 Å². The van der Waals surface area contributed by atoms with Gasteiger partial charge in [-0.15, -0.1) is 0 Å². The number of carbonyl (C=O) groups excluding carboxylic acids is 1. The van der Waals surface area contributed by atoms with Crippen molar-refractivity contribution in [1.29, 1.82) is 0 Å². The molecule has 0 spiro atoms. The summed E-state index contributed by atoms with van der Waals surface area (Å²) in [4.78, 5) is 27.4. The van der Waals surface area contributed by atoms with Gasteiger partial charge in [-0.1, -0.05) is 13.8 Å². The van der Waals surface area contributed by atoms with Gasteiger partial charge in [0.25, 0.3) is 5.56 Å². The van der Waals surface area contributed by atoms with Crippen LogP contribution >= 0.6 is 0 Å². The van der Waals surface area contributed by atoms with Gasteiger partial charge in [0, 0.05) is 6.54 Å². The van der Waals surface area contributed by atoms with Gasteiger partial charge in [-0.25, -0.2) is 9.78 Å². The van der Waals surface area contributed by atoms with Crippen LogP contribution in [0.4, 0.5) is 0 Å². The first-order valence-corrected chi connectivity index (χ1v) is 6.11. The lowest BCUT2D eigenvalue weighted by molar-refractivity contribution is 0.0601. The third kappa shape index (κ3) is 2.65. The number of aromatic nitrogens is 2. The lowest BCUT2D eigenvalue weighted by atomic mass is 10.1. The lowest BCUT2D eigenvalue weighted by Crippen LogP contribution is -2.23. The van der Waals surface area contributed by atoms with Gasteiger partial charge in [-0.3, -0.25) is 4.79 Å². The summed E-state index contributed by atoms with van der Waals surface area (Å²) in [5.41, 5.74) is 1.64. The maximum atomic E-state index is 11.9. The Morgan fingerprint density at radius 1 is 1.42 bits per heavy atom. The van der Waals surface area contributed by atoms with Gasteiger partial charge in [0.1, 0.15) is 0 Å². The molecule has 0 N–H and O–H groups in total. The van der Waals surface area contributed by atoms with Gasteiger partial charge < -0.3 is 9.30 Å². The predicted octanol–water partition coefficient (Wildman–Crippen LogP) is 1.84. The van der Waals surface area contributed by atoms with Crippen LogP contribution in [0.15, 0.2) is 29.2 Å². The van der Waals surface area contributed by atoms with Gasteiger partial charge >= 0.3 is 5.97 Å². The number of ether oxygens (including phenoxy) is 1. The van der Waals surface area contributed by atoms with E-state index in [1.165, 1.54) is 13.3 Å². The molecule has 2 aromatic rings. The van der Waals surface area contributed by atoms with Crippen molar-refractivity contribution in [2.24, 2.45) is 5.92 Å². The highest BCUT2D eigenvalue weighted by atomic mass is 16.5. The Labute approximate surface area is 110 Å². The quantitative estimate of drug-likeness (QED) is 0.790. The van der Waals surface area contributed by atoms with Crippen LogP contribution in [0.5, 0.6) is 0 Å². The number of fused-ring (bicyclic) bond motifs is 1. The first kappa shape index (κ1) is 13.3. The summed E-state index contributed by atoms with van der Waals surface area (Å²) in [5, 5.41) is 0. The first-order valence-electron chi connectivity index (χ1n) is 6.11. The zero-order valence-electron chi connectivity index (χ0n) is 11.2. The first-order chi connectivity index (χ1) is 9.02. The monoisotopic (exact) mass is 260 g/mol. The van der Waals surface area contributed by atoms with Gasteiger partial charge in [-0.05, 0) is 24.1 Å². The minimum Gasteiger partial charge on any atom is -0.465 e. The van der Waals surface area contributed by atoms with Crippen LogP contribution in [0.1, 0.15) is 24.2 Å². The number of hydrogen-bond acceptors (Lipinski definition) is 4. The molecule has 0 saturated heterocycles. The van der Waals surface area contributed by atoms with Crippen molar-refractivity contribution in [3.05, 3.63) is 40.3 Å². The Bertz CT molecular complexity index is 674. The van der Waals surface area contributed by atoms with Crippen LogP contribution in [0, 0.1) is 5.92 Å². The molecule has 1 aromatic carbocycles. The molecule has 1 aromatic heterocycles. The molecule has 5 nitrogen and oxygen atoms in total. The third-order valence-corrected chi connectivity index (χ3v) is 2.82. The summed E-state index contributed by atoms with van der Waals surface area (Å²) in [6.45, 7) is 4.71. The number of esters is 1. The van der Waals surface area contributed by atoms with Gasteiger partial charge in [0.05, 0.1) is 29.9 Å².